The van der Waals surface area contributed by atoms with Crippen LogP contribution in [-0.4, -0.2) is 61.8 Å². The van der Waals surface area contributed by atoms with Crippen molar-refractivity contribution in [1.29, 1.82) is 0 Å². The summed E-state index contributed by atoms with van der Waals surface area (Å²) in [6.07, 6.45) is 4.54. The molecule has 2 aromatic rings. The summed E-state index contributed by atoms with van der Waals surface area (Å²) in [5.41, 5.74) is 0. The summed E-state index contributed by atoms with van der Waals surface area (Å²) in [7, 11) is 0. The second kappa shape index (κ2) is 12.1. The van der Waals surface area contributed by atoms with Gasteiger partial charge in [-0.15, -0.1) is 23.1 Å². The number of fused-ring (bicyclic) bond motifs is 1. The van der Waals surface area contributed by atoms with Gasteiger partial charge in [0.1, 0.15) is 5.78 Å². The third-order valence-electron chi connectivity index (χ3n) is 5.20. The van der Waals surface area contributed by atoms with E-state index in [4.69, 9.17) is 5.11 Å². The SMILES string of the molecule is O=C(O)CSCCCS[C@H]1C(=O)C[C@@H](O)[C@@H]1/C=C/[C@@H](O)CCc1cc2ccccc2s1. The first-order valence-corrected chi connectivity index (χ1v) is 13.4. The van der Waals surface area contributed by atoms with Crippen LogP contribution in [0.5, 0.6) is 0 Å². The second-order valence-electron chi connectivity index (χ2n) is 7.65. The van der Waals surface area contributed by atoms with Crippen LogP contribution in [0.1, 0.15) is 24.1 Å². The Labute approximate surface area is 194 Å². The van der Waals surface area contributed by atoms with Crippen LogP contribution >= 0.6 is 34.9 Å². The van der Waals surface area contributed by atoms with E-state index in [1.165, 1.54) is 38.5 Å². The topological polar surface area (TPSA) is 94.8 Å². The van der Waals surface area contributed by atoms with E-state index in [0.717, 1.165) is 24.3 Å². The van der Waals surface area contributed by atoms with Gasteiger partial charge in [0.2, 0.25) is 0 Å². The van der Waals surface area contributed by atoms with E-state index < -0.39 is 18.2 Å². The minimum atomic E-state index is -0.817. The van der Waals surface area contributed by atoms with Crippen molar-refractivity contribution in [2.75, 3.05) is 17.3 Å². The average Bonchev–Trinajstić information content (AvgIpc) is 3.27. The molecule has 1 aromatic carbocycles. The molecule has 0 radical (unpaired) electrons. The molecule has 3 N–H and O–H groups in total. The Morgan fingerprint density at radius 1 is 1.29 bits per heavy atom. The lowest BCUT2D eigenvalue weighted by Crippen LogP contribution is -2.22. The maximum Gasteiger partial charge on any atom is 0.313 e. The molecule has 31 heavy (non-hydrogen) atoms. The van der Waals surface area contributed by atoms with Gasteiger partial charge in [0.15, 0.2) is 0 Å². The first-order valence-electron chi connectivity index (χ1n) is 10.4. The van der Waals surface area contributed by atoms with E-state index in [1.807, 2.05) is 18.2 Å². The normalized spacial score (nSPS) is 22.5. The van der Waals surface area contributed by atoms with Gasteiger partial charge in [0.25, 0.3) is 0 Å². The van der Waals surface area contributed by atoms with E-state index in [-0.39, 0.29) is 29.1 Å². The molecule has 0 unspecified atom stereocenters. The number of hydrogen-bond donors (Lipinski definition) is 3. The van der Waals surface area contributed by atoms with Gasteiger partial charge in [-0.25, -0.2) is 0 Å². The number of aliphatic hydroxyl groups excluding tert-OH is 2. The minimum absolute atomic E-state index is 0.0464. The molecule has 0 amide bonds. The summed E-state index contributed by atoms with van der Waals surface area (Å²) in [5.74, 6) is 0.515. The highest BCUT2D eigenvalue weighted by Gasteiger charge is 2.40. The summed E-state index contributed by atoms with van der Waals surface area (Å²) in [5, 5.41) is 30.3. The molecule has 3 rings (SSSR count). The summed E-state index contributed by atoms with van der Waals surface area (Å²) in [6, 6.07) is 10.4. The molecule has 8 heteroatoms. The number of aliphatic hydroxyl groups is 2. The highest BCUT2D eigenvalue weighted by molar-refractivity contribution is 8.01. The van der Waals surface area contributed by atoms with Crippen molar-refractivity contribution >= 4 is 56.7 Å². The van der Waals surface area contributed by atoms with Crippen LogP contribution in [0, 0.1) is 5.92 Å². The third kappa shape index (κ3) is 7.36. The summed E-state index contributed by atoms with van der Waals surface area (Å²) in [4.78, 5) is 24.1. The molecule has 1 saturated carbocycles. The lowest BCUT2D eigenvalue weighted by molar-refractivity contribution is -0.133. The fourth-order valence-electron chi connectivity index (χ4n) is 3.64. The molecular weight excluding hydrogens is 452 g/mol. The number of aliphatic carboxylic acids is 1. The smallest absolute Gasteiger partial charge is 0.313 e. The Kier molecular flexibility index (Phi) is 9.47. The molecule has 1 aliphatic carbocycles. The van der Waals surface area contributed by atoms with Crippen LogP contribution in [0.3, 0.4) is 0 Å². The predicted octanol–water partition coefficient (Wildman–Crippen LogP) is 4.01. The molecule has 1 fully saturated rings. The molecule has 5 nitrogen and oxygen atoms in total. The van der Waals surface area contributed by atoms with Gasteiger partial charge in [0.05, 0.1) is 23.2 Å². The number of Topliss-reactive ketones (excluding diaryl/α,β-unsaturated/α-hetero) is 1. The second-order valence-corrected chi connectivity index (χ2v) is 11.2. The zero-order valence-electron chi connectivity index (χ0n) is 17.2. The number of rotatable bonds is 12. The van der Waals surface area contributed by atoms with E-state index in [2.05, 4.69) is 18.2 Å². The number of carboxylic acid groups (broad SMARTS) is 1. The van der Waals surface area contributed by atoms with Crippen molar-refractivity contribution in [3.05, 3.63) is 47.4 Å². The van der Waals surface area contributed by atoms with E-state index in [0.29, 0.717) is 6.42 Å². The van der Waals surface area contributed by atoms with Crippen LogP contribution in [0.15, 0.2) is 42.5 Å². The number of carbonyl (C=O) groups is 2. The van der Waals surface area contributed by atoms with Gasteiger partial charge in [-0.05, 0) is 48.3 Å². The Hall–Kier alpha value is -1.32. The molecule has 1 aliphatic rings. The Balaban J connectivity index is 1.46. The third-order valence-corrected chi connectivity index (χ3v) is 8.86. The van der Waals surface area contributed by atoms with Crippen molar-refractivity contribution < 1.29 is 24.9 Å². The van der Waals surface area contributed by atoms with Crippen molar-refractivity contribution in [2.45, 2.75) is 43.1 Å². The van der Waals surface area contributed by atoms with Gasteiger partial charge < -0.3 is 15.3 Å². The van der Waals surface area contributed by atoms with Crippen LogP contribution in [0.2, 0.25) is 0 Å². The lowest BCUT2D eigenvalue weighted by Gasteiger charge is -2.17. The summed E-state index contributed by atoms with van der Waals surface area (Å²) >= 11 is 4.64. The molecule has 1 heterocycles. The molecule has 168 valence electrons. The molecule has 0 bridgehead atoms. The van der Waals surface area contributed by atoms with E-state index in [9.17, 15) is 19.8 Å². The van der Waals surface area contributed by atoms with Crippen molar-refractivity contribution in [3.8, 4) is 0 Å². The maximum absolute atomic E-state index is 12.3. The van der Waals surface area contributed by atoms with Crippen molar-refractivity contribution in [3.63, 3.8) is 0 Å². The predicted molar refractivity (Wildman–Crippen MR) is 130 cm³/mol. The highest BCUT2D eigenvalue weighted by Crippen LogP contribution is 2.34. The van der Waals surface area contributed by atoms with Gasteiger partial charge in [-0.2, -0.15) is 11.8 Å². The number of hydrogen-bond acceptors (Lipinski definition) is 7. The molecule has 1 aromatic heterocycles. The Bertz CT molecular complexity index is 877. The number of carboxylic acids is 1. The minimum Gasteiger partial charge on any atom is -0.481 e. The zero-order valence-corrected chi connectivity index (χ0v) is 19.6. The van der Waals surface area contributed by atoms with Gasteiger partial charge >= 0.3 is 5.97 Å². The van der Waals surface area contributed by atoms with Crippen molar-refractivity contribution in [1.82, 2.24) is 0 Å². The number of carbonyl (C=O) groups excluding carboxylic acids is 1. The van der Waals surface area contributed by atoms with Crippen LogP contribution in [0.25, 0.3) is 10.1 Å². The average molecular weight is 481 g/mol. The number of thiophene rings is 1. The number of benzene rings is 1. The molecule has 0 spiro atoms. The molecule has 0 aliphatic heterocycles. The Morgan fingerprint density at radius 2 is 2.10 bits per heavy atom. The molecule has 0 saturated heterocycles. The van der Waals surface area contributed by atoms with Gasteiger partial charge in [-0.3, -0.25) is 9.59 Å². The largest absolute Gasteiger partial charge is 0.481 e. The van der Waals surface area contributed by atoms with Crippen LogP contribution < -0.4 is 0 Å². The first-order chi connectivity index (χ1) is 14.9. The lowest BCUT2D eigenvalue weighted by atomic mass is 10.0. The van der Waals surface area contributed by atoms with E-state index in [1.54, 1.807) is 17.4 Å². The Morgan fingerprint density at radius 3 is 2.87 bits per heavy atom. The quantitative estimate of drug-likeness (QED) is 0.312. The standard InChI is InChI=1S/C23H28O5S3/c24-16(6-8-17-12-15-4-1-2-5-21(15)31-17)7-9-18-19(25)13-20(26)23(18)30-11-3-10-29-14-22(27)28/h1-2,4-5,7,9,12,16,18-19,23-25H,3,6,8,10-11,13-14H2,(H,27,28)/b9-7+/t16-,18-,19+,23+/m0/s1. The first kappa shape index (κ1) is 24.3. The van der Waals surface area contributed by atoms with Crippen LogP contribution in [-0.2, 0) is 16.0 Å². The molecule has 4 atom stereocenters. The van der Waals surface area contributed by atoms with Crippen molar-refractivity contribution in [2.24, 2.45) is 5.92 Å². The van der Waals surface area contributed by atoms with E-state index >= 15 is 0 Å². The monoisotopic (exact) mass is 480 g/mol. The summed E-state index contributed by atoms with van der Waals surface area (Å²) in [6.45, 7) is 0. The number of aryl methyl sites for hydroxylation is 1. The number of ketones is 1. The number of thioether (sulfide) groups is 2. The van der Waals surface area contributed by atoms with Gasteiger partial charge in [-0.1, -0.05) is 30.4 Å². The van der Waals surface area contributed by atoms with Crippen LogP contribution in [0.4, 0.5) is 0 Å². The van der Waals surface area contributed by atoms with Gasteiger partial charge in [0, 0.05) is 21.9 Å². The maximum atomic E-state index is 12.3. The fourth-order valence-corrected chi connectivity index (χ4v) is 6.91. The summed E-state index contributed by atoms with van der Waals surface area (Å²) < 4.78 is 1.25. The zero-order chi connectivity index (χ0) is 22.2. The fraction of sp³-hybridized carbons (Fsp3) is 0.478. The highest BCUT2D eigenvalue weighted by atomic mass is 32.2. The molecular formula is C23H28O5S3.